The number of amides is 1. The molecule has 0 fully saturated rings. The van der Waals surface area contributed by atoms with Gasteiger partial charge in [-0.25, -0.2) is 0 Å². The molecule has 0 bridgehead atoms. The van der Waals surface area contributed by atoms with E-state index < -0.39 is 0 Å². The Morgan fingerprint density at radius 3 is 2.84 bits per heavy atom. The van der Waals surface area contributed by atoms with E-state index in [1.54, 1.807) is 12.1 Å². The summed E-state index contributed by atoms with van der Waals surface area (Å²) in [5.41, 5.74) is 0. The molecule has 2 rings (SSSR count). The number of hydrogen-bond donors (Lipinski definition) is 1. The summed E-state index contributed by atoms with van der Waals surface area (Å²) in [6, 6.07) is 7.28. The molecule has 0 unspecified atom stereocenters. The van der Waals surface area contributed by atoms with Crippen LogP contribution in [0, 0.1) is 0 Å². The molecule has 0 saturated heterocycles. The largest absolute Gasteiger partial charge is 0.484 e. The van der Waals surface area contributed by atoms with Crippen LogP contribution in [0.1, 0.15) is 0 Å². The normalized spacial score (nSPS) is 10.2. The average Bonchev–Trinajstić information content (AvgIpc) is 2.91. The second-order valence-corrected chi connectivity index (χ2v) is 4.54. The zero-order chi connectivity index (χ0) is 13.5. The minimum absolute atomic E-state index is 0.0214. The van der Waals surface area contributed by atoms with Crippen molar-refractivity contribution in [3.63, 3.8) is 0 Å². The number of aromatic nitrogens is 4. The van der Waals surface area contributed by atoms with Gasteiger partial charge in [0.25, 0.3) is 5.91 Å². The van der Waals surface area contributed by atoms with Crippen LogP contribution >= 0.6 is 15.9 Å². The molecule has 19 heavy (non-hydrogen) atoms. The van der Waals surface area contributed by atoms with E-state index in [2.05, 4.69) is 36.7 Å². The van der Waals surface area contributed by atoms with Crippen LogP contribution in [0.2, 0.25) is 0 Å². The van der Waals surface area contributed by atoms with Gasteiger partial charge in [0, 0.05) is 11.0 Å². The number of ether oxygens (including phenoxy) is 1. The van der Waals surface area contributed by atoms with Crippen molar-refractivity contribution in [2.45, 2.75) is 6.54 Å². The number of carbonyl (C=O) groups excluding carboxylic acids is 1. The van der Waals surface area contributed by atoms with Gasteiger partial charge < -0.3 is 10.1 Å². The Balaban J connectivity index is 1.65. The summed E-state index contributed by atoms with van der Waals surface area (Å²) in [6.45, 7) is 0.884. The van der Waals surface area contributed by atoms with Crippen LogP contribution in [-0.2, 0) is 11.3 Å². The van der Waals surface area contributed by atoms with Crippen molar-refractivity contribution < 1.29 is 9.53 Å². The average molecular weight is 326 g/mol. The van der Waals surface area contributed by atoms with Crippen LogP contribution in [0.25, 0.3) is 0 Å². The second kappa shape index (κ2) is 6.83. The summed E-state index contributed by atoms with van der Waals surface area (Å²) in [4.78, 5) is 12.9. The number of tetrazole rings is 1. The van der Waals surface area contributed by atoms with Gasteiger partial charge in [0.15, 0.2) is 12.9 Å². The molecular weight excluding hydrogens is 314 g/mol. The van der Waals surface area contributed by atoms with Gasteiger partial charge >= 0.3 is 0 Å². The Hall–Kier alpha value is -1.96. The number of hydrogen-bond acceptors (Lipinski definition) is 5. The highest BCUT2D eigenvalue weighted by molar-refractivity contribution is 9.10. The number of halogens is 1. The quantitative estimate of drug-likeness (QED) is 0.842. The fourth-order valence-corrected chi connectivity index (χ4v) is 1.58. The van der Waals surface area contributed by atoms with E-state index in [-0.39, 0.29) is 12.5 Å². The molecule has 1 aromatic carbocycles. The number of benzene rings is 1. The topological polar surface area (TPSA) is 81.9 Å². The van der Waals surface area contributed by atoms with Crippen LogP contribution in [0.3, 0.4) is 0 Å². The molecule has 1 aromatic heterocycles. The molecule has 100 valence electrons. The SMILES string of the molecule is O=C(COc1ccc(Br)cc1)NCCn1ncnn1. The summed E-state index contributed by atoms with van der Waals surface area (Å²) >= 11 is 3.32. The van der Waals surface area contributed by atoms with Gasteiger partial charge in [-0.05, 0) is 29.5 Å². The minimum Gasteiger partial charge on any atom is -0.484 e. The minimum atomic E-state index is -0.192. The summed E-state index contributed by atoms with van der Waals surface area (Å²) in [7, 11) is 0. The van der Waals surface area contributed by atoms with Crippen LogP contribution in [0.5, 0.6) is 5.75 Å². The van der Waals surface area contributed by atoms with E-state index in [0.717, 1.165) is 4.47 Å². The van der Waals surface area contributed by atoms with Gasteiger partial charge in [-0.15, -0.1) is 10.2 Å². The Morgan fingerprint density at radius 2 is 2.16 bits per heavy atom. The van der Waals surface area contributed by atoms with Crippen molar-refractivity contribution in [1.82, 2.24) is 25.5 Å². The summed E-state index contributed by atoms with van der Waals surface area (Å²) in [6.07, 6.45) is 1.35. The van der Waals surface area contributed by atoms with Gasteiger partial charge in [0.2, 0.25) is 0 Å². The highest BCUT2D eigenvalue weighted by atomic mass is 79.9. The molecule has 0 aliphatic carbocycles. The van der Waals surface area contributed by atoms with E-state index in [1.807, 2.05) is 12.1 Å². The first-order chi connectivity index (χ1) is 9.24. The van der Waals surface area contributed by atoms with Gasteiger partial charge in [-0.2, -0.15) is 4.80 Å². The van der Waals surface area contributed by atoms with Crippen molar-refractivity contribution in [3.8, 4) is 5.75 Å². The van der Waals surface area contributed by atoms with Gasteiger partial charge in [-0.1, -0.05) is 15.9 Å². The lowest BCUT2D eigenvalue weighted by molar-refractivity contribution is -0.123. The number of carbonyl (C=O) groups is 1. The molecule has 1 amide bonds. The smallest absolute Gasteiger partial charge is 0.258 e. The van der Waals surface area contributed by atoms with Crippen molar-refractivity contribution in [3.05, 3.63) is 35.1 Å². The summed E-state index contributed by atoms with van der Waals surface area (Å²) in [5.74, 6) is 0.458. The highest BCUT2D eigenvalue weighted by Crippen LogP contribution is 2.15. The summed E-state index contributed by atoms with van der Waals surface area (Å²) < 4.78 is 6.29. The van der Waals surface area contributed by atoms with E-state index in [0.29, 0.717) is 18.8 Å². The predicted molar refractivity (Wildman–Crippen MR) is 70.5 cm³/mol. The van der Waals surface area contributed by atoms with Gasteiger partial charge in [-0.3, -0.25) is 4.79 Å². The van der Waals surface area contributed by atoms with Crippen LogP contribution in [-0.4, -0.2) is 39.3 Å². The Labute approximate surface area is 118 Å². The lowest BCUT2D eigenvalue weighted by Crippen LogP contribution is -2.32. The molecule has 0 aliphatic rings. The predicted octanol–water partition coefficient (Wildman–Crippen LogP) is 0.631. The van der Waals surface area contributed by atoms with Crippen molar-refractivity contribution in [2.24, 2.45) is 0 Å². The number of rotatable bonds is 6. The highest BCUT2D eigenvalue weighted by Gasteiger charge is 2.02. The van der Waals surface area contributed by atoms with E-state index in [1.165, 1.54) is 11.1 Å². The summed E-state index contributed by atoms with van der Waals surface area (Å²) in [5, 5.41) is 13.8. The Kier molecular flexibility index (Phi) is 4.85. The number of nitrogens with one attached hydrogen (secondary N) is 1. The molecule has 0 saturated carbocycles. The standard InChI is InChI=1S/C11H12BrN5O2/c12-9-1-3-10(4-2-9)19-7-11(18)13-5-6-17-15-8-14-16-17/h1-4,8H,5-7H2,(H,13,18). The molecule has 0 spiro atoms. The van der Waals surface area contributed by atoms with E-state index >= 15 is 0 Å². The molecule has 1 heterocycles. The fourth-order valence-electron chi connectivity index (χ4n) is 1.32. The third kappa shape index (κ3) is 4.66. The van der Waals surface area contributed by atoms with Crippen molar-refractivity contribution in [2.75, 3.05) is 13.2 Å². The molecule has 8 heteroatoms. The fraction of sp³-hybridized carbons (Fsp3) is 0.273. The van der Waals surface area contributed by atoms with Crippen molar-refractivity contribution in [1.29, 1.82) is 0 Å². The monoisotopic (exact) mass is 325 g/mol. The Bertz CT molecular complexity index is 514. The zero-order valence-electron chi connectivity index (χ0n) is 9.99. The van der Waals surface area contributed by atoms with Crippen LogP contribution in [0.4, 0.5) is 0 Å². The maximum Gasteiger partial charge on any atom is 0.258 e. The molecule has 1 N–H and O–H groups in total. The maximum atomic E-state index is 11.5. The van der Waals surface area contributed by atoms with Crippen LogP contribution < -0.4 is 10.1 Å². The first-order valence-corrected chi connectivity index (χ1v) is 6.39. The van der Waals surface area contributed by atoms with Gasteiger partial charge in [0.05, 0.1) is 6.54 Å². The first-order valence-electron chi connectivity index (χ1n) is 5.60. The van der Waals surface area contributed by atoms with E-state index in [4.69, 9.17) is 4.74 Å². The molecular formula is C11H12BrN5O2. The molecule has 7 nitrogen and oxygen atoms in total. The lowest BCUT2D eigenvalue weighted by atomic mass is 10.3. The van der Waals surface area contributed by atoms with E-state index in [9.17, 15) is 4.79 Å². The molecule has 0 atom stereocenters. The molecule has 0 radical (unpaired) electrons. The lowest BCUT2D eigenvalue weighted by Gasteiger charge is -2.07. The first kappa shape index (κ1) is 13.5. The molecule has 2 aromatic rings. The van der Waals surface area contributed by atoms with Crippen molar-refractivity contribution >= 4 is 21.8 Å². The maximum absolute atomic E-state index is 11.5. The van der Waals surface area contributed by atoms with Crippen LogP contribution in [0.15, 0.2) is 35.1 Å². The zero-order valence-corrected chi connectivity index (χ0v) is 11.6. The Morgan fingerprint density at radius 1 is 1.37 bits per heavy atom. The van der Waals surface area contributed by atoms with Gasteiger partial charge in [0.1, 0.15) is 5.75 Å². The third-order valence-electron chi connectivity index (χ3n) is 2.21. The molecule has 0 aliphatic heterocycles. The second-order valence-electron chi connectivity index (χ2n) is 3.62. The number of nitrogens with zero attached hydrogens (tertiary/aromatic N) is 4. The third-order valence-corrected chi connectivity index (χ3v) is 2.74.